The molecule has 2 heteroatoms. The van der Waals surface area contributed by atoms with Crippen LogP contribution in [0.2, 0.25) is 0 Å². The molecule has 0 heterocycles. The van der Waals surface area contributed by atoms with Crippen LogP contribution in [0.4, 0.5) is 0 Å². The number of aliphatic hydroxyl groups is 1. The molecule has 0 fully saturated rings. The van der Waals surface area contributed by atoms with E-state index in [4.69, 9.17) is 0 Å². The SMILES string of the molecule is C=CCCC1C(=O)C=CC1O. The van der Waals surface area contributed by atoms with Gasteiger partial charge < -0.3 is 5.11 Å². The maximum Gasteiger partial charge on any atom is 0.161 e. The minimum Gasteiger partial charge on any atom is -0.388 e. The summed E-state index contributed by atoms with van der Waals surface area (Å²) in [5.41, 5.74) is 0. The highest BCUT2D eigenvalue weighted by Crippen LogP contribution is 2.20. The van der Waals surface area contributed by atoms with Gasteiger partial charge in [-0.25, -0.2) is 0 Å². The molecule has 60 valence electrons. The van der Waals surface area contributed by atoms with Gasteiger partial charge in [0.25, 0.3) is 0 Å². The highest BCUT2D eigenvalue weighted by Gasteiger charge is 2.27. The van der Waals surface area contributed by atoms with Crippen LogP contribution in [0, 0.1) is 5.92 Å². The van der Waals surface area contributed by atoms with E-state index in [1.165, 1.54) is 6.08 Å². The monoisotopic (exact) mass is 152 g/mol. The molecule has 2 atom stereocenters. The summed E-state index contributed by atoms with van der Waals surface area (Å²) in [5, 5.41) is 9.24. The fourth-order valence-corrected chi connectivity index (χ4v) is 1.23. The van der Waals surface area contributed by atoms with E-state index >= 15 is 0 Å². The van der Waals surface area contributed by atoms with Gasteiger partial charge in [-0.15, -0.1) is 6.58 Å². The lowest BCUT2D eigenvalue weighted by Gasteiger charge is -2.10. The van der Waals surface area contributed by atoms with Crippen molar-refractivity contribution in [1.29, 1.82) is 0 Å². The normalized spacial score (nSPS) is 29.4. The summed E-state index contributed by atoms with van der Waals surface area (Å²) in [5.74, 6) is -0.174. The molecule has 0 aromatic rings. The fourth-order valence-electron chi connectivity index (χ4n) is 1.23. The second-order valence-corrected chi connectivity index (χ2v) is 2.72. The van der Waals surface area contributed by atoms with Crippen LogP contribution in [0.15, 0.2) is 24.8 Å². The van der Waals surface area contributed by atoms with Crippen molar-refractivity contribution in [2.75, 3.05) is 0 Å². The van der Waals surface area contributed by atoms with E-state index in [1.54, 1.807) is 12.2 Å². The third-order valence-electron chi connectivity index (χ3n) is 1.92. The molecule has 2 nitrogen and oxygen atoms in total. The number of rotatable bonds is 3. The van der Waals surface area contributed by atoms with E-state index in [-0.39, 0.29) is 11.7 Å². The van der Waals surface area contributed by atoms with Gasteiger partial charge in [0.2, 0.25) is 0 Å². The van der Waals surface area contributed by atoms with Gasteiger partial charge in [-0.05, 0) is 18.9 Å². The molecule has 0 radical (unpaired) electrons. The molecule has 0 aromatic heterocycles. The number of carbonyl (C=O) groups excluding carboxylic acids is 1. The van der Waals surface area contributed by atoms with Crippen molar-refractivity contribution in [2.45, 2.75) is 18.9 Å². The maximum absolute atomic E-state index is 11.0. The van der Waals surface area contributed by atoms with E-state index in [2.05, 4.69) is 6.58 Å². The Morgan fingerprint density at radius 2 is 2.45 bits per heavy atom. The molecule has 0 saturated heterocycles. The van der Waals surface area contributed by atoms with Gasteiger partial charge in [-0.3, -0.25) is 4.79 Å². The molecular weight excluding hydrogens is 140 g/mol. The summed E-state index contributed by atoms with van der Waals surface area (Å²) in [4.78, 5) is 11.0. The maximum atomic E-state index is 11.0. The molecule has 11 heavy (non-hydrogen) atoms. The molecule has 1 aliphatic carbocycles. The highest BCUT2D eigenvalue weighted by molar-refractivity contribution is 5.94. The third kappa shape index (κ3) is 1.77. The molecule has 1 N–H and O–H groups in total. The first-order valence-corrected chi connectivity index (χ1v) is 3.76. The Balaban J connectivity index is 2.45. The lowest BCUT2D eigenvalue weighted by atomic mass is 9.98. The van der Waals surface area contributed by atoms with Crippen molar-refractivity contribution in [1.82, 2.24) is 0 Å². The average molecular weight is 152 g/mol. The standard InChI is InChI=1S/C9H12O2/c1-2-3-4-7-8(10)5-6-9(7)11/h2,5-8,10H,1,3-4H2. The van der Waals surface area contributed by atoms with Gasteiger partial charge in [0.05, 0.1) is 12.0 Å². The zero-order valence-electron chi connectivity index (χ0n) is 6.36. The van der Waals surface area contributed by atoms with Gasteiger partial charge >= 0.3 is 0 Å². The summed E-state index contributed by atoms with van der Waals surface area (Å²) in [6, 6.07) is 0. The third-order valence-corrected chi connectivity index (χ3v) is 1.92. The average Bonchev–Trinajstić information content (AvgIpc) is 2.29. The van der Waals surface area contributed by atoms with Crippen LogP contribution in [-0.2, 0) is 4.79 Å². The number of hydrogen-bond acceptors (Lipinski definition) is 2. The van der Waals surface area contributed by atoms with Crippen LogP contribution < -0.4 is 0 Å². The Labute approximate surface area is 66.2 Å². The topological polar surface area (TPSA) is 37.3 Å². The van der Waals surface area contributed by atoms with E-state index in [0.29, 0.717) is 6.42 Å². The Hall–Kier alpha value is -0.890. The van der Waals surface area contributed by atoms with Crippen molar-refractivity contribution in [3.8, 4) is 0 Å². The van der Waals surface area contributed by atoms with E-state index in [9.17, 15) is 9.90 Å². The van der Waals surface area contributed by atoms with Crippen molar-refractivity contribution in [2.24, 2.45) is 5.92 Å². The number of ketones is 1. The molecule has 0 bridgehead atoms. The van der Waals surface area contributed by atoms with Crippen LogP contribution in [0.1, 0.15) is 12.8 Å². The molecule has 0 aromatic carbocycles. The second kappa shape index (κ2) is 3.49. The largest absolute Gasteiger partial charge is 0.388 e. The lowest BCUT2D eigenvalue weighted by molar-refractivity contribution is -0.119. The van der Waals surface area contributed by atoms with Crippen LogP contribution in [0.3, 0.4) is 0 Å². The number of carbonyl (C=O) groups is 1. The number of allylic oxidation sites excluding steroid dienone is 2. The van der Waals surface area contributed by atoms with Gasteiger partial charge in [-0.2, -0.15) is 0 Å². The Morgan fingerprint density at radius 3 is 2.91 bits per heavy atom. The quantitative estimate of drug-likeness (QED) is 0.614. The fraction of sp³-hybridized carbons (Fsp3) is 0.444. The highest BCUT2D eigenvalue weighted by atomic mass is 16.3. The zero-order chi connectivity index (χ0) is 8.27. The summed E-state index contributed by atoms with van der Waals surface area (Å²) in [6.07, 6.45) is 5.70. The first-order valence-electron chi connectivity index (χ1n) is 3.76. The predicted molar refractivity (Wildman–Crippen MR) is 43.1 cm³/mol. The van der Waals surface area contributed by atoms with Gasteiger partial charge in [0.1, 0.15) is 0 Å². The van der Waals surface area contributed by atoms with E-state index in [0.717, 1.165) is 6.42 Å². The number of aliphatic hydroxyl groups excluding tert-OH is 1. The first kappa shape index (κ1) is 8.21. The summed E-state index contributed by atoms with van der Waals surface area (Å²) >= 11 is 0. The molecule has 0 aliphatic heterocycles. The first-order chi connectivity index (χ1) is 5.25. The molecule has 2 unspecified atom stereocenters. The van der Waals surface area contributed by atoms with E-state index < -0.39 is 6.10 Å². The van der Waals surface area contributed by atoms with Crippen molar-refractivity contribution in [3.05, 3.63) is 24.8 Å². The molecule has 0 saturated carbocycles. The summed E-state index contributed by atoms with van der Waals surface area (Å²) in [6.45, 7) is 3.56. The smallest absolute Gasteiger partial charge is 0.161 e. The van der Waals surface area contributed by atoms with Crippen molar-refractivity contribution < 1.29 is 9.90 Å². The van der Waals surface area contributed by atoms with Crippen molar-refractivity contribution in [3.63, 3.8) is 0 Å². The van der Waals surface area contributed by atoms with Gasteiger partial charge in [-0.1, -0.05) is 12.2 Å². The number of hydrogen-bond donors (Lipinski definition) is 1. The van der Waals surface area contributed by atoms with Crippen LogP contribution in [-0.4, -0.2) is 17.0 Å². The molecule has 0 amide bonds. The van der Waals surface area contributed by atoms with E-state index in [1.807, 2.05) is 0 Å². The van der Waals surface area contributed by atoms with Gasteiger partial charge in [0.15, 0.2) is 5.78 Å². The minimum atomic E-state index is -0.567. The van der Waals surface area contributed by atoms with Crippen LogP contribution >= 0.6 is 0 Å². The second-order valence-electron chi connectivity index (χ2n) is 2.72. The van der Waals surface area contributed by atoms with Crippen LogP contribution in [0.5, 0.6) is 0 Å². The Bertz CT molecular complexity index is 194. The molecule has 1 aliphatic rings. The lowest BCUT2D eigenvalue weighted by Crippen LogP contribution is -2.19. The Kier molecular flexibility index (Phi) is 2.60. The van der Waals surface area contributed by atoms with Crippen molar-refractivity contribution >= 4 is 5.78 Å². The molecule has 0 spiro atoms. The zero-order valence-corrected chi connectivity index (χ0v) is 6.36. The summed E-state index contributed by atoms with van der Waals surface area (Å²) < 4.78 is 0. The molecule has 1 rings (SSSR count). The predicted octanol–water partition coefficient (Wildman–Crippen LogP) is 1.07. The van der Waals surface area contributed by atoms with Crippen LogP contribution in [0.25, 0.3) is 0 Å². The van der Waals surface area contributed by atoms with Gasteiger partial charge in [0, 0.05) is 0 Å². The Morgan fingerprint density at radius 1 is 1.73 bits per heavy atom. The molecular formula is C9H12O2. The minimum absolute atomic E-state index is 0.0411. The summed E-state index contributed by atoms with van der Waals surface area (Å²) in [7, 11) is 0.